The topological polar surface area (TPSA) is 28.2 Å². The molecule has 1 aromatic heterocycles. The van der Waals surface area contributed by atoms with Crippen LogP contribution in [0.25, 0.3) is 0 Å². The summed E-state index contributed by atoms with van der Waals surface area (Å²) in [5.74, 6) is 0. The van der Waals surface area contributed by atoms with Gasteiger partial charge in [0, 0.05) is 34.9 Å². The first-order valence-electron chi connectivity index (χ1n) is 6.42. The Kier molecular flexibility index (Phi) is 5.05. The molecular weight excluding hydrogens is 278 g/mol. The molecule has 2 rings (SSSR count). The molecule has 1 N–H and O–H groups in total. The average Bonchev–Trinajstić information content (AvgIpc) is 2.87. The Labute approximate surface area is 123 Å². The molecule has 0 spiro atoms. The number of aromatic nitrogens is 1. The maximum absolute atomic E-state index is 5.95. The fourth-order valence-corrected chi connectivity index (χ4v) is 2.97. The van der Waals surface area contributed by atoms with E-state index in [1.54, 1.807) is 11.3 Å². The molecule has 5 heteroatoms. The first kappa shape index (κ1) is 14.2. The number of hydrogen-bond acceptors (Lipinski definition) is 4. The van der Waals surface area contributed by atoms with Crippen molar-refractivity contribution in [3.8, 4) is 0 Å². The van der Waals surface area contributed by atoms with Gasteiger partial charge in [-0.15, -0.1) is 11.3 Å². The Hall–Kier alpha value is -1.26. The van der Waals surface area contributed by atoms with Crippen LogP contribution in [-0.2, 0) is 6.54 Å². The Morgan fingerprint density at radius 1 is 1.32 bits per heavy atom. The van der Waals surface area contributed by atoms with E-state index in [4.69, 9.17) is 11.6 Å². The highest BCUT2D eigenvalue weighted by molar-refractivity contribution is 7.15. The van der Waals surface area contributed by atoms with Crippen molar-refractivity contribution in [1.82, 2.24) is 4.98 Å². The van der Waals surface area contributed by atoms with E-state index >= 15 is 0 Å². The van der Waals surface area contributed by atoms with Crippen LogP contribution in [0, 0.1) is 0 Å². The molecule has 1 aromatic carbocycles. The second kappa shape index (κ2) is 6.78. The summed E-state index contributed by atoms with van der Waals surface area (Å²) in [6.45, 7) is 7.05. The van der Waals surface area contributed by atoms with Gasteiger partial charge in [0.05, 0.1) is 6.54 Å². The molecule has 0 aliphatic carbocycles. The van der Waals surface area contributed by atoms with Gasteiger partial charge in [-0.25, -0.2) is 4.98 Å². The first-order chi connectivity index (χ1) is 9.22. The van der Waals surface area contributed by atoms with Crippen molar-refractivity contribution in [1.29, 1.82) is 0 Å². The predicted octanol–water partition coefficient (Wildman–Crippen LogP) is 4.25. The molecule has 0 aliphatic rings. The summed E-state index contributed by atoms with van der Waals surface area (Å²) in [7, 11) is 0. The summed E-state index contributed by atoms with van der Waals surface area (Å²) in [5, 5.41) is 5.20. The van der Waals surface area contributed by atoms with Gasteiger partial charge in [-0.05, 0) is 32.0 Å². The highest BCUT2D eigenvalue weighted by atomic mass is 35.5. The third-order valence-electron chi connectivity index (χ3n) is 2.87. The molecule has 0 bridgehead atoms. The third-order valence-corrected chi connectivity index (χ3v) is 4.16. The van der Waals surface area contributed by atoms with Crippen molar-refractivity contribution < 1.29 is 0 Å². The monoisotopic (exact) mass is 295 g/mol. The van der Waals surface area contributed by atoms with Crippen molar-refractivity contribution >= 4 is 33.8 Å². The second-order valence-corrected chi connectivity index (χ2v) is 5.68. The Balaban J connectivity index is 1.97. The van der Waals surface area contributed by atoms with Crippen LogP contribution < -0.4 is 10.2 Å². The van der Waals surface area contributed by atoms with Gasteiger partial charge in [0.2, 0.25) is 0 Å². The summed E-state index contributed by atoms with van der Waals surface area (Å²) < 4.78 is 0. The van der Waals surface area contributed by atoms with Crippen LogP contribution in [0.3, 0.4) is 0 Å². The Morgan fingerprint density at radius 3 is 2.79 bits per heavy atom. The fourth-order valence-electron chi connectivity index (χ4n) is 1.81. The van der Waals surface area contributed by atoms with Crippen molar-refractivity contribution in [2.45, 2.75) is 20.4 Å². The van der Waals surface area contributed by atoms with Crippen molar-refractivity contribution in [3.05, 3.63) is 40.4 Å². The minimum absolute atomic E-state index is 0.748. The zero-order valence-corrected chi connectivity index (χ0v) is 12.8. The molecule has 0 amide bonds. The van der Waals surface area contributed by atoms with E-state index in [2.05, 4.69) is 29.0 Å². The van der Waals surface area contributed by atoms with Crippen LogP contribution in [0.5, 0.6) is 0 Å². The highest BCUT2D eigenvalue weighted by Crippen LogP contribution is 2.23. The predicted molar refractivity (Wildman–Crippen MR) is 84.5 cm³/mol. The molecule has 0 saturated carbocycles. The summed E-state index contributed by atoms with van der Waals surface area (Å²) >= 11 is 7.69. The van der Waals surface area contributed by atoms with E-state index in [1.165, 1.54) is 4.88 Å². The van der Waals surface area contributed by atoms with Crippen LogP contribution in [0.1, 0.15) is 18.7 Å². The van der Waals surface area contributed by atoms with Crippen LogP contribution in [0.2, 0.25) is 5.02 Å². The van der Waals surface area contributed by atoms with Crippen LogP contribution in [0.4, 0.5) is 10.8 Å². The molecule has 0 unspecified atom stereocenters. The molecule has 0 radical (unpaired) electrons. The zero-order chi connectivity index (χ0) is 13.7. The number of halogens is 1. The van der Waals surface area contributed by atoms with Gasteiger partial charge in [-0.2, -0.15) is 0 Å². The molecule has 0 saturated heterocycles. The van der Waals surface area contributed by atoms with Gasteiger partial charge in [-0.3, -0.25) is 0 Å². The number of nitrogens with zero attached hydrogens (tertiary/aromatic N) is 2. The standard InChI is InChI=1S/C14H18ClN3S/c1-3-18(4-2)14-17-10-13(19-14)9-16-12-7-5-6-11(15)8-12/h5-8,10,16H,3-4,9H2,1-2H3. The van der Waals surface area contributed by atoms with Crippen LogP contribution in [0.15, 0.2) is 30.5 Å². The van der Waals surface area contributed by atoms with Crippen molar-refractivity contribution in [2.24, 2.45) is 0 Å². The minimum Gasteiger partial charge on any atom is -0.380 e. The number of anilines is 2. The Bertz CT molecular complexity index is 523. The normalized spacial score (nSPS) is 10.5. The molecule has 3 nitrogen and oxygen atoms in total. The maximum Gasteiger partial charge on any atom is 0.185 e. The molecule has 19 heavy (non-hydrogen) atoms. The van der Waals surface area contributed by atoms with E-state index in [1.807, 2.05) is 30.5 Å². The maximum atomic E-state index is 5.95. The molecule has 2 aromatic rings. The van der Waals surface area contributed by atoms with E-state index in [0.29, 0.717) is 0 Å². The molecule has 102 valence electrons. The molecular formula is C14H18ClN3S. The first-order valence-corrected chi connectivity index (χ1v) is 7.61. The lowest BCUT2D eigenvalue weighted by molar-refractivity contribution is 0.860. The molecule has 0 aliphatic heterocycles. The van der Waals surface area contributed by atoms with Gasteiger partial charge in [-0.1, -0.05) is 17.7 Å². The zero-order valence-electron chi connectivity index (χ0n) is 11.2. The van der Waals surface area contributed by atoms with E-state index in [9.17, 15) is 0 Å². The number of hydrogen-bond donors (Lipinski definition) is 1. The van der Waals surface area contributed by atoms with Gasteiger partial charge in [0.25, 0.3) is 0 Å². The van der Waals surface area contributed by atoms with Gasteiger partial charge < -0.3 is 10.2 Å². The van der Waals surface area contributed by atoms with Crippen LogP contribution in [-0.4, -0.2) is 18.1 Å². The van der Waals surface area contributed by atoms with Crippen molar-refractivity contribution in [2.75, 3.05) is 23.3 Å². The summed E-state index contributed by atoms with van der Waals surface area (Å²) in [5.41, 5.74) is 1.03. The lowest BCUT2D eigenvalue weighted by Crippen LogP contribution is -2.21. The number of nitrogens with one attached hydrogen (secondary N) is 1. The summed E-state index contributed by atoms with van der Waals surface area (Å²) in [4.78, 5) is 7.95. The minimum atomic E-state index is 0.748. The van der Waals surface area contributed by atoms with E-state index in [0.717, 1.165) is 35.5 Å². The highest BCUT2D eigenvalue weighted by Gasteiger charge is 2.07. The quantitative estimate of drug-likeness (QED) is 0.863. The van der Waals surface area contributed by atoms with Gasteiger partial charge in [0.15, 0.2) is 5.13 Å². The summed E-state index contributed by atoms with van der Waals surface area (Å²) in [6, 6.07) is 7.75. The third kappa shape index (κ3) is 3.85. The fraction of sp³-hybridized carbons (Fsp3) is 0.357. The van der Waals surface area contributed by atoms with Crippen LogP contribution >= 0.6 is 22.9 Å². The largest absolute Gasteiger partial charge is 0.380 e. The molecule has 1 heterocycles. The number of benzene rings is 1. The second-order valence-electron chi connectivity index (χ2n) is 4.15. The van der Waals surface area contributed by atoms with Gasteiger partial charge in [0.1, 0.15) is 0 Å². The number of rotatable bonds is 6. The number of thiazole rings is 1. The van der Waals surface area contributed by atoms with E-state index in [-0.39, 0.29) is 0 Å². The smallest absolute Gasteiger partial charge is 0.185 e. The SMILES string of the molecule is CCN(CC)c1ncc(CNc2cccc(Cl)c2)s1. The summed E-state index contributed by atoms with van der Waals surface area (Å²) in [6.07, 6.45) is 1.94. The van der Waals surface area contributed by atoms with E-state index < -0.39 is 0 Å². The lowest BCUT2D eigenvalue weighted by Gasteiger charge is -2.16. The average molecular weight is 296 g/mol. The van der Waals surface area contributed by atoms with Gasteiger partial charge >= 0.3 is 0 Å². The Morgan fingerprint density at radius 2 is 2.11 bits per heavy atom. The molecule has 0 fully saturated rings. The molecule has 0 atom stereocenters. The lowest BCUT2D eigenvalue weighted by atomic mass is 10.3. The van der Waals surface area contributed by atoms with Crippen molar-refractivity contribution in [3.63, 3.8) is 0 Å².